The number of carbonyl (C=O) groups excluding carboxylic acids is 1. The third kappa shape index (κ3) is 3.41. The van der Waals surface area contributed by atoms with Crippen molar-refractivity contribution in [3.05, 3.63) is 75.3 Å². The second-order valence-electron chi connectivity index (χ2n) is 6.74. The van der Waals surface area contributed by atoms with Crippen LogP contribution in [0.1, 0.15) is 5.56 Å². The fourth-order valence-electron chi connectivity index (χ4n) is 3.28. The van der Waals surface area contributed by atoms with Gasteiger partial charge in [0.2, 0.25) is 0 Å². The Morgan fingerprint density at radius 3 is 2.73 bits per heavy atom. The molecule has 4 rings (SSSR count). The molecule has 0 radical (unpaired) electrons. The highest BCUT2D eigenvalue weighted by Crippen LogP contribution is 2.17. The largest absolute Gasteiger partial charge is 0.461 e. The summed E-state index contributed by atoms with van der Waals surface area (Å²) >= 11 is 0. The van der Waals surface area contributed by atoms with Gasteiger partial charge in [0, 0.05) is 37.3 Å². The van der Waals surface area contributed by atoms with E-state index in [1.165, 1.54) is 24.0 Å². The van der Waals surface area contributed by atoms with Crippen molar-refractivity contribution in [1.82, 2.24) is 23.7 Å². The lowest BCUT2D eigenvalue weighted by molar-refractivity contribution is -0.137. The predicted octanol–water partition coefficient (Wildman–Crippen LogP) is 1.24. The molecule has 9 heteroatoms. The van der Waals surface area contributed by atoms with E-state index >= 15 is 0 Å². The Hall–Kier alpha value is -4.01. The average Bonchev–Trinajstić information content (AvgIpc) is 3.19. The molecule has 0 aliphatic carbocycles. The van der Waals surface area contributed by atoms with E-state index in [1.54, 1.807) is 23.9 Å². The molecule has 0 spiro atoms. The molecule has 0 unspecified atom stereocenters. The number of hydrogen-bond acceptors (Lipinski definition) is 6. The summed E-state index contributed by atoms with van der Waals surface area (Å²) in [6, 6.07) is 9.53. The van der Waals surface area contributed by atoms with Crippen LogP contribution in [0, 0.1) is 0 Å². The van der Waals surface area contributed by atoms with Gasteiger partial charge in [-0.1, -0.05) is 24.3 Å². The van der Waals surface area contributed by atoms with E-state index in [0.29, 0.717) is 0 Å². The van der Waals surface area contributed by atoms with Crippen LogP contribution in [0.2, 0.25) is 0 Å². The van der Waals surface area contributed by atoms with Gasteiger partial charge < -0.3 is 9.30 Å². The van der Waals surface area contributed by atoms with Crippen LogP contribution in [0.5, 0.6) is 0 Å². The van der Waals surface area contributed by atoms with Gasteiger partial charge in [0.25, 0.3) is 5.56 Å². The van der Waals surface area contributed by atoms with E-state index in [9.17, 15) is 14.4 Å². The molecule has 0 saturated carbocycles. The number of hydrogen-bond donors (Lipinski definition) is 0. The maximum atomic E-state index is 12.4. The summed E-state index contributed by atoms with van der Waals surface area (Å²) in [5.41, 5.74) is 1.30. The van der Waals surface area contributed by atoms with Crippen LogP contribution in [0.4, 0.5) is 0 Å². The minimum atomic E-state index is -0.507. The molecule has 0 N–H and O–H groups in total. The Balaban J connectivity index is 1.46. The molecule has 9 nitrogen and oxygen atoms in total. The van der Waals surface area contributed by atoms with Crippen molar-refractivity contribution >= 4 is 34.1 Å². The van der Waals surface area contributed by atoms with Crippen molar-refractivity contribution in [2.45, 2.75) is 6.54 Å². The molecule has 3 aromatic heterocycles. The quantitative estimate of drug-likeness (QED) is 0.366. The van der Waals surface area contributed by atoms with Crippen LogP contribution in [0.3, 0.4) is 0 Å². The highest BCUT2D eigenvalue weighted by atomic mass is 16.5. The van der Waals surface area contributed by atoms with Crippen molar-refractivity contribution in [3.8, 4) is 0 Å². The Labute approximate surface area is 170 Å². The van der Waals surface area contributed by atoms with Gasteiger partial charge in [0.05, 0.1) is 18.4 Å². The minimum Gasteiger partial charge on any atom is -0.461 e. The van der Waals surface area contributed by atoms with Crippen LogP contribution in [-0.4, -0.2) is 36.2 Å². The van der Waals surface area contributed by atoms with Crippen molar-refractivity contribution in [1.29, 1.82) is 0 Å². The lowest BCUT2D eigenvalue weighted by atomic mass is 10.1. The van der Waals surface area contributed by atoms with Crippen molar-refractivity contribution < 1.29 is 9.53 Å². The van der Waals surface area contributed by atoms with Gasteiger partial charge >= 0.3 is 11.7 Å². The Bertz CT molecular complexity index is 1410. The number of carbonyl (C=O) groups is 1. The molecule has 152 valence electrons. The SMILES string of the molecule is Cn1c(=O)c2c(ncn2CCOC(=O)/C=C/c2cccc3cccnc23)n(C)c1=O. The normalized spacial score (nSPS) is 11.5. The van der Waals surface area contributed by atoms with Crippen molar-refractivity contribution in [2.24, 2.45) is 14.1 Å². The van der Waals surface area contributed by atoms with E-state index in [2.05, 4.69) is 9.97 Å². The van der Waals surface area contributed by atoms with E-state index < -0.39 is 17.2 Å². The standard InChI is InChI=1S/C21H19N5O4/c1-24-19-18(20(28)25(2)21(24)29)26(13-23-19)11-12-30-16(27)9-8-15-6-3-5-14-7-4-10-22-17(14)15/h3-10,13H,11-12H2,1-2H3/b9-8+. The number of ether oxygens (including phenoxy) is 1. The van der Waals surface area contributed by atoms with E-state index in [4.69, 9.17) is 4.74 Å². The molecule has 3 heterocycles. The molecular formula is C21H19N5O4. The molecule has 0 amide bonds. The van der Waals surface area contributed by atoms with Gasteiger partial charge in [-0.25, -0.2) is 14.6 Å². The Kier molecular flexibility index (Phi) is 5.01. The molecule has 0 atom stereocenters. The van der Waals surface area contributed by atoms with E-state index in [0.717, 1.165) is 21.0 Å². The monoisotopic (exact) mass is 405 g/mol. The van der Waals surface area contributed by atoms with Gasteiger partial charge in [-0.15, -0.1) is 0 Å². The summed E-state index contributed by atoms with van der Waals surface area (Å²) in [4.78, 5) is 45.0. The fraction of sp³-hybridized carbons (Fsp3) is 0.190. The number of rotatable bonds is 5. The third-order valence-corrected chi connectivity index (χ3v) is 4.86. The number of esters is 1. The van der Waals surface area contributed by atoms with E-state index in [-0.39, 0.29) is 24.3 Å². The molecule has 0 fully saturated rings. The number of nitrogens with zero attached hydrogens (tertiary/aromatic N) is 5. The van der Waals surface area contributed by atoms with Crippen LogP contribution in [-0.2, 0) is 30.2 Å². The van der Waals surface area contributed by atoms with Gasteiger partial charge in [0.1, 0.15) is 6.61 Å². The summed E-state index contributed by atoms with van der Waals surface area (Å²) in [6.45, 7) is 0.285. The van der Waals surface area contributed by atoms with Crippen LogP contribution >= 0.6 is 0 Å². The summed E-state index contributed by atoms with van der Waals surface area (Å²) in [6.07, 6.45) is 6.17. The molecular weight excluding hydrogens is 386 g/mol. The zero-order valence-electron chi connectivity index (χ0n) is 16.5. The topological polar surface area (TPSA) is 101 Å². The molecule has 30 heavy (non-hydrogen) atoms. The maximum Gasteiger partial charge on any atom is 0.332 e. The first-order valence-corrected chi connectivity index (χ1v) is 9.27. The number of aryl methyl sites for hydroxylation is 1. The third-order valence-electron chi connectivity index (χ3n) is 4.86. The summed E-state index contributed by atoms with van der Waals surface area (Å²) in [7, 11) is 2.96. The zero-order chi connectivity index (χ0) is 21.3. The van der Waals surface area contributed by atoms with Gasteiger partial charge in [0.15, 0.2) is 11.2 Å². The van der Waals surface area contributed by atoms with Gasteiger partial charge in [-0.3, -0.25) is 18.9 Å². The Morgan fingerprint density at radius 2 is 1.90 bits per heavy atom. The summed E-state index contributed by atoms with van der Waals surface area (Å²) < 4.78 is 9.15. The van der Waals surface area contributed by atoms with Crippen LogP contribution < -0.4 is 11.2 Å². The molecule has 4 aromatic rings. The first kappa shape index (κ1) is 19.3. The number of fused-ring (bicyclic) bond motifs is 2. The number of para-hydroxylation sites is 1. The first-order valence-electron chi connectivity index (χ1n) is 9.27. The van der Waals surface area contributed by atoms with Crippen molar-refractivity contribution in [2.75, 3.05) is 6.61 Å². The lowest BCUT2D eigenvalue weighted by Crippen LogP contribution is -2.37. The average molecular weight is 405 g/mol. The minimum absolute atomic E-state index is 0.0500. The molecule has 0 aliphatic rings. The number of pyridine rings is 1. The second kappa shape index (κ2) is 7.78. The van der Waals surface area contributed by atoms with E-state index in [1.807, 2.05) is 30.3 Å². The number of aromatic nitrogens is 5. The van der Waals surface area contributed by atoms with Crippen molar-refractivity contribution in [3.63, 3.8) is 0 Å². The van der Waals surface area contributed by atoms with Gasteiger partial charge in [-0.05, 0) is 12.1 Å². The molecule has 1 aromatic carbocycles. The first-order chi connectivity index (χ1) is 14.5. The number of benzene rings is 1. The molecule has 0 saturated heterocycles. The summed E-state index contributed by atoms with van der Waals surface area (Å²) in [5.74, 6) is -0.507. The maximum absolute atomic E-state index is 12.4. The van der Waals surface area contributed by atoms with Gasteiger partial charge in [-0.2, -0.15) is 0 Å². The highest BCUT2D eigenvalue weighted by Gasteiger charge is 2.14. The molecule has 0 bridgehead atoms. The highest BCUT2D eigenvalue weighted by molar-refractivity contribution is 5.92. The summed E-state index contributed by atoms with van der Waals surface area (Å²) in [5, 5.41) is 0.982. The predicted molar refractivity (Wildman–Crippen MR) is 112 cm³/mol. The van der Waals surface area contributed by atoms with Crippen LogP contribution in [0.25, 0.3) is 28.1 Å². The Morgan fingerprint density at radius 1 is 1.10 bits per heavy atom. The fourth-order valence-corrected chi connectivity index (χ4v) is 3.28. The lowest BCUT2D eigenvalue weighted by Gasteiger charge is -2.07. The van der Waals surface area contributed by atoms with Crippen LogP contribution in [0.15, 0.2) is 58.5 Å². The number of imidazole rings is 1. The zero-order valence-corrected chi connectivity index (χ0v) is 16.5. The second-order valence-corrected chi connectivity index (χ2v) is 6.74. The smallest absolute Gasteiger partial charge is 0.332 e. The molecule has 0 aliphatic heterocycles.